The Bertz CT molecular complexity index is 482. The molecule has 0 amide bonds. The summed E-state index contributed by atoms with van der Waals surface area (Å²) in [6, 6.07) is 0.715. The molecule has 0 unspecified atom stereocenters. The van der Waals surface area contributed by atoms with Gasteiger partial charge in [-0.15, -0.1) is 0 Å². The average Bonchev–Trinajstić information content (AvgIpc) is 3.31. The maximum Gasteiger partial charge on any atom is 0.160 e. The molecular formula is C17H27N3O. The molecule has 0 radical (unpaired) electrons. The summed E-state index contributed by atoms with van der Waals surface area (Å²) in [6.45, 7) is 5.10. The topological polar surface area (TPSA) is 47.0 Å². The van der Waals surface area contributed by atoms with Gasteiger partial charge in [-0.05, 0) is 39.5 Å². The fourth-order valence-electron chi connectivity index (χ4n) is 3.37. The summed E-state index contributed by atoms with van der Waals surface area (Å²) >= 11 is 0. The fourth-order valence-corrected chi connectivity index (χ4v) is 3.37. The molecule has 0 aromatic carbocycles. The second-order valence-electron chi connectivity index (χ2n) is 6.61. The van der Waals surface area contributed by atoms with Gasteiger partial charge >= 0.3 is 0 Å². The van der Waals surface area contributed by atoms with Crippen LogP contribution in [0.25, 0.3) is 0 Å². The molecule has 3 rings (SSSR count). The van der Waals surface area contributed by atoms with E-state index in [-0.39, 0.29) is 5.60 Å². The highest BCUT2D eigenvalue weighted by atomic mass is 16.5. The predicted octanol–water partition coefficient (Wildman–Crippen LogP) is 3.15. The van der Waals surface area contributed by atoms with E-state index >= 15 is 0 Å². The molecule has 0 bridgehead atoms. The number of nitrogens with one attached hydrogen (secondary N) is 1. The molecule has 0 spiro atoms. The lowest BCUT2D eigenvalue weighted by molar-refractivity contribution is -0.0517. The Balaban J connectivity index is 1.85. The molecule has 116 valence electrons. The van der Waals surface area contributed by atoms with E-state index < -0.39 is 0 Å². The normalized spacial score (nSPS) is 21.5. The van der Waals surface area contributed by atoms with Crippen molar-refractivity contribution >= 4 is 0 Å². The number of methoxy groups -OCH3 is 1. The van der Waals surface area contributed by atoms with Crippen LogP contribution in [0.3, 0.4) is 0 Å². The first-order valence-electron chi connectivity index (χ1n) is 8.28. The lowest BCUT2D eigenvalue weighted by atomic mass is 9.83. The molecule has 1 N–H and O–H groups in total. The van der Waals surface area contributed by atoms with Crippen molar-refractivity contribution in [3.05, 3.63) is 22.8 Å². The van der Waals surface area contributed by atoms with Crippen LogP contribution in [0, 0.1) is 13.8 Å². The van der Waals surface area contributed by atoms with Crippen molar-refractivity contribution in [1.82, 2.24) is 15.3 Å². The van der Waals surface area contributed by atoms with Crippen LogP contribution in [0.2, 0.25) is 0 Å². The average molecular weight is 289 g/mol. The summed E-state index contributed by atoms with van der Waals surface area (Å²) in [5, 5.41) is 3.57. The fraction of sp³-hybridized carbons (Fsp3) is 0.765. The van der Waals surface area contributed by atoms with Crippen LogP contribution in [-0.2, 0) is 16.9 Å². The minimum absolute atomic E-state index is 0.254. The molecular weight excluding hydrogens is 262 g/mol. The number of ether oxygens (including phenoxy) is 1. The summed E-state index contributed by atoms with van der Waals surface area (Å²) in [7, 11) is 1.81. The van der Waals surface area contributed by atoms with Crippen molar-refractivity contribution in [3.8, 4) is 0 Å². The quantitative estimate of drug-likeness (QED) is 0.904. The zero-order valence-corrected chi connectivity index (χ0v) is 13.5. The number of rotatable bonds is 5. The van der Waals surface area contributed by atoms with Crippen molar-refractivity contribution in [1.29, 1.82) is 0 Å². The van der Waals surface area contributed by atoms with Crippen LogP contribution in [0.5, 0.6) is 0 Å². The van der Waals surface area contributed by atoms with E-state index in [0.717, 1.165) is 36.6 Å². The van der Waals surface area contributed by atoms with Crippen LogP contribution in [0.1, 0.15) is 67.7 Å². The van der Waals surface area contributed by atoms with Gasteiger partial charge in [-0.1, -0.05) is 19.3 Å². The van der Waals surface area contributed by atoms with Gasteiger partial charge in [-0.3, -0.25) is 0 Å². The van der Waals surface area contributed by atoms with Crippen LogP contribution >= 0.6 is 0 Å². The van der Waals surface area contributed by atoms with Gasteiger partial charge in [0.2, 0.25) is 0 Å². The van der Waals surface area contributed by atoms with Gasteiger partial charge in [-0.25, -0.2) is 9.97 Å². The minimum atomic E-state index is -0.254. The smallest absolute Gasteiger partial charge is 0.160 e. The van der Waals surface area contributed by atoms with Crippen molar-refractivity contribution in [2.45, 2.75) is 77.0 Å². The van der Waals surface area contributed by atoms with Crippen LogP contribution in [0.15, 0.2) is 0 Å². The van der Waals surface area contributed by atoms with Crippen LogP contribution in [0.4, 0.5) is 0 Å². The molecule has 2 fully saturated rings. The molecule has 1 heterocycles. The zero-order valence-electron chi connectivity index (χ0n) is 13.5. The highest BCUT2D eigenvalue weighted by Gasteiger charge is 2.37. The SMILES string of the molecule is COC1(c2nc(C)c(CNC3CC3)c(C)n2)CCCCC1. The second kappa shape index (κ2) is 6.01. The summed E-state index contributed by atoms with van der Waals surface area (Å²) in [5.74, 6) is 0.898. The number of nitrogens with zero attached hydrogens (tertiary/aromatic N) is 2. The van der Waals surface area contributed by atoms with Crippen LogP contribution < -0.4 is 5.32 Å². The first kappa shape index (κ1) is 14.9. The van der Waals surface area contributed by atoms with Gasteiger partial charge in [0.1, 0.15) is 5.60 Å². The van der Waals surface area contributed by atoms with Gasteiger partial charge in [-0.2, -0.15) is 0 Å². The van der Waals surface area contributed by atoms with E-state index in [2.05, 4.69) is 19.2 Å². The van der Waals surface area contributed by atoms with Crippen molar-refractivity contribution in [3.63, 3.8) is 0 Å². The van der Waals surface area contributed by atoms with Crippen molar-refractivity contribution in [2.75, 3.05) is 7.11 Å². The zero-order chi connectivity index (χ0) is 14.9. The van der Waals surface area contributed by atoms with Gasteiger partial charge < -0.3 is 10.1 Å². The first-order valence-corrected chi connectivity index (χ1v) is 8.28. The Morgan fingerprint density at radius 1 is 1.10 bits per heavy atom. The third-order valence-electron chi connectivity index (χ3n) is 5.03. The van der Waals surface area contributed by atoms with Gasteiger partial charge in [0.15, 0.2) is 5.82 Å². The Labute approximate surface area is 127 Å². The van der Waals surface area contributed by atoms with E-state index in [9.17, 15) is 0 Å². The highest BCUT2D eigenvalue weighted by Crippen LogP contribution is 2.38. The molecule has 2 aliphatic carbocycles. The van der Waals surface area contributed by atoms with E-state index in [4.69, 9.17) is 14.7 Å². The number of aromatic nitrogens is 2. The van der Waals surface area contributed by atoms with E-state index in [1.54, 1.807) is 0 Å². The summed E-state index contributed by atoms with van der Waals surface area (Å²) in [5.41, 5.74) is 3.21. The molecule has 0 saturated heterocycles. The molecule has 2 saturated carbocycles. The second-order valence-corrected chi connectivity index (χ2v) is 6.61. The summed E-state index contributed by atoms with van der Waals surface area (Å²) in [6.07, 6.45) is 8.42. The lowest BCUT2D eigenvalue weighted by Crippen LogP contribution is -2.34. The molecule has 4 nitrogen and oxygen atoms in total. The van der Waals surface area contributed by atoms with Crippen molar-refractivity contribution < 1.29 is 4.74 Å². The number of hydrogen-bond acceptors (Lipinski definition) is 4. The first-order chi connectivity index (χ1) is 10.1. The van der Waals surface area contributed by atoms with Crippen LogP contribution in [-0.4, -0.2) is 23.1 Å². The molecule has 0 aliphatic heterocycles. The van der Waals surface area contributed by atoms with E-state index in [1.807, 2.05) is 7.11 Å². The van der Waals surface area contributed by atoms with Gasteiger partial charge in [0.05, 0.1) is 0 Å². The Kier molecular flexibility index (Phi) is 4.27. The molecule has 0 atom stereocenters. The highest BCUT2D eigenvalue weighted by molar-refractivity contribution is 5.26. The largest absolute Gasteiger partial charge is 0.370 e. The van der Waals surface area contributed by atoms with E-state index in [1.165, 1.54) is 37.7 Å². The third-order valence-corrected chi connectivity index (χ3v) is 5.03. The molecule has 2 aliphatic rings. The molecule has 4 heteroatoms. The van der Waals surface area contributed by atoms with Crippen molar-refractivity contribution in [2.24, 2.45) is 0 Å². The third kappa shape index (κ3) is 3.11. The standard InChI is InChI=1S/C17H27N3O/c1-12-15(11-18-14-7-8-14)13(2)20-16(19-12)17(21-3)9-5-4-6-10-17/h14,18H,4-11H2,1-3H3. The maximum absolute atomic E-state index is 5.88. The Morgan fingerprint density at radius 2 is 1.71 bits per heavy atom. The molecule has 1 aromatic heterocycles. The Morgan fingerprint density at radius 3 is 2.24 bits per heavy atom. The number of aryl methyl sites for hydroxylation is 2. The minimum Gasteiger partial charge on any atom is -0.370 e. The molecule has 1 aromatic rings. The Hall–Kier alpha value is -1.00. The van der Waals surface area contributed by atoms with Gasteiger partial charge in [0.25, 0.3) is 0 Å². The summed E-state index contributed by atoms with van der Waals surface area (Å²) in [4.78, 5) is 9.65. The summed E-state index contributed by atoms with van der Waals surface area (Å²) < 4.78 is 5.88. The lowest BCUT2D eigenvalue weighted by Gasteiger charge is -2.35. The van der Waals surface area contributed by atoms with E-state index in [0.29, 0.717) is 6.04 Å². The number of hydrogen-bond donors (Lipinski definition) is 1. The maximum atomic E-state index is 5.88. The van der Waals surface area contributed by atoms with Gasteiger partial charge in [0, 0.05) is 36.6 Å². The predicted molar refractivity (Wildman–Crippen MR) is 83.1 cm³/mol. The monoisotopic (exact) mass is 289 g/mol. The molecule has 21 heavy (non-hydrogen) atoms.